The van der Waals surface area contributed by atoms with E-state index in [-0.39, 0.29) is 12.4 Å². The Bertz CT molecular complexity index is 779. The van der Waals surface area contributed by atoms with E-state index in [4.69, 9.17) is 9.52 Å². The van der Waals surface area contributed by atoms with Gasteiger partial charge in [0.2, 0.25) is 5.82 Å². The van der Waals surface area contributed by atoms with Crippen molar-refractivity contribution in [2.24, 2.45) is 0 Å². The van der Waals surface area contributed by atoms with Gasteiger partial charge < -0.3 is 9.52 Å². The number of tetrazole rings is 1. The number of halogens is 1. The quantitative estimate of drug-likeness (QED) is 0.778. The van der Waals surface area contributed by atoms with Gasteiger partial charge in [0.15, 0.2) is 12.3 Å². The van der Waals surface area contributed by atoms with Gasteiger partial charge in [-0.2, -0.15) is 4.80 Å². The fourth-order valence-electron chi connectivity index (χ4n) is 1.76. The number of carboxylic acid groups (broad SMARTS) is 1. The smallest absolute Gasteiger partial charge is 0.327 e. The van der Waals surface area contributed by atoms with Crippen LogP contribution in [0.4, 0.5) is 0 Å². The van der Waals surface area contributed by atoms with Crippen LogP contribution < -0.4 is 0 Å². The summed E-state index contributed by atoms with van der Waals surface area (Å²) in [5.41, 5.74) is 0.919. The molecule has 3 aromatic rings. The third-order valence-electron chi connectivity index (χ3n) is 2.68. The van der Waals surface area contributed by atoms with Crippen LogP contribution in [0.15, 0.2) is 45.3 Å². The SMILES string of the molecule is O=C(O)Cn1nnc(-c2ccc(-c3ccc(Br)cc3)o2)n1. The number of hydrogen-bond acceptors (Lipinski definition) is 5. The number of carbonyl (C=O) groups is 1. The number of nitrogens with zero attached hydrogens (tertiary/aromatic N) is 4. The van der Waals surface area contributed by atoms with E-state index in [1.54, 1.807) is 12.1 Å². The Labute approximate surface area is 127 Å². The standard InChI is InChI=1S/C13H9BrN4O3/c14-9-3-1-8(2-4-9)10-5-6-11(21-10)13-15-17-18(16-13)7-12(19)20/h1-6H,7H2,(H,19,20). The topological polar surface area (TPSA) is 94.0 Å². The second-order valence-electron chi connectivity index (χ2n) is 4.21. The van der Waals surface area contributed by atoms with Crippen LogP contribution >= 0.6 is 15.9 Å². The van der Waals surface area contributed by atoms with Gasteiger partial charge in [0, 0.05) is 10.0 Å². The lowest BCUT2D eigenvalue weighted by molar-refractivity contribution is -0.138. The Morgan fingerprint density at radius 1 is 1.19 bits per heavy atom. The lowest BCUT2D eigenvalue weighted by atomic mass is 10.2. The Morgan fingerprint density at radius 3 is 2.62 bits per heavy atom. The molecule has 0 spiro atoms. The zero-order chi connectivity index (χ0) is 14.8. The lowest BCUT2D eigenvalue weighted by Crippen LogP contribution is -2.11. The van der Waals surface area contributed by atoms with Gasteiger partial charge in [-0.15, -0.1) is 10.2 Å². The first-order valence-electron chi connectivity index (χ1n) is 5.97. The fraction of sp³-hybridized carbons (Fsp3) is 0.0769. The normalized spacial score (nSPS) is 10.7. The molecule has 0 aliphatic heterocycles. The first-order chi connectivity index (χ1) is 10.1. The highest BCUT2D eigenvalue weighted by atomic mass is 79.9. The molecule has 0 radical (unpaired) electrons. The van der Waals surface area contributed by atoms with Crippen LogP contribution in [0.5, 0.6) is 0 Å². The highest BCUT2D eigenvalue weighted by Crippen LogP contribution is 2.27. The molecule has 2 heterocycles. The summed E-state index contributed by atoms with van der Waals surface area (Å²) in [4.78, 5) is 11.6. The number of benzene rings is 1. The highest BCUT2D eigenvalue weighted by Gasteiger charge is 2.13. The molecule has 0 aliphatic rings. The van der Waals surface area contributed by atoms with Gasteiger partial charge in [0.25, 0.3) is 0 Å². The zero-order valence-corrected chi connectivity index (χ0v) is 12.2. The van der Waals surface area contributed by atoms with Crippen molar-refractivity contribution < 1.29 is 14.3 Å². The van der Waals surface area contributed by atoms with Crippen LogP contribution in [0.1, 0.15) is 0 Å². The minimum atomic E-state index is -1.03. The Balaban J connectivity index is 1.86. The number of rotatable bonds is 4. The summed E-state index contributed by atoms with van der Waals surface area (Å²) in [7, 11) is 0. The summed E-state index contributed by atoms with van der Waals surface area (Å²) >= 11 is 3.37. The van der Waals surface area contributed by atoms with Crippen molar-refractivity contribution in [2.45, 2.75) is 6.54 Å². The molecule has 2 aromatic heterocycles. The number of furan rings is 1. The van der Waals surface area contributed by atoms with Gasteiger partial charge in [-0.3, -0.25) is 4.79 Å². The van der Waals surface area contributed by atoms with Gasteiger partial charge in [-0.25, -0.2) is 0 Å². The maximum atomic E-state index is 10.6. The van der Waals surface area contributed by atoms with Crippen LogP contribution in [0, 0.1) is 0 Å². The third kappa shape index (κ3) is 3.00. The van der Waals surface area contributed by atoms with E-state index >= 15 is 0 Å². The molecule has 0 aliphatic carbocycles. The number of hydrogen-bond donors (Lipinski definition) is 1. The maximum absolute atomic E-state index is 10.6. The van der Waals surface area contributed by atoms with Crippen LogP contribution in [-0.2, 0) is 11.3 Å². The molecule has 0 saturated heterocycles. The average molecular weight is 349 g/mol. The summed E-state index contributed by atoms with van der Waals surface area (Å²) in [6.45, 7) is -0.340. The van der Waals surface area contributed by atoms with Crippen molar-refractivity contribution in [3.8, 4) is 22.9 Å². The zero-order valence-electron chi connectivity index (χ0n) is 10.6. The summed E-state index contributed by atoms with van der Waals surface area (Å²) in [6.07, 6.45) is 0. The minimum Gasteiger partial charge on any atom is -0.480 e. The van der Waals surface area contributed by atoms with Gasteiger partial charge in [0.1, 0.15) is 5.76 Å². The maximum Gasteiger partial charge on any atom is 0.327 e. The lowest BCUT2D eigenvalue weighted by Gasteiger charge is -1.96. The van der Waals surface area contributed by atoms with Crippen LogP contribution in [0.2, 0.25) is 0 Å². The molecular formula is C13H9BrN4O3. The molecule has 21 heavy (non-hydrogen) atoms. The van der Waals surface area contributed by atoms with Crippen molar-refractivity contribution in [3.63, 3.8) is 0 Å². The molecule has 1 aromatic carbocycles. The van der Waals surface area contributed by atoms with Crippen molar-refractivity contribution in [2.75, 3.05) is 0 Å². The average Bonchev–Trinajstić information content (AvgIpc) is 3.07. The predicted molar refractivity (Wildman–Crippen MR) is 76.3 cm³/mol. The van der Waals surface area contributed by atoms with Crippen LogP contribution in [0.3, 0.4) is 0 Å². The van der Waals surface area contributed by atoms with Crippen molar-refractivity contribution in [1.29, 1.82) is 0 Å². The van der Waals surface area contributed by atoms with E-state index in [0.29, 0.717) is 11.5 Å². The van der Waals surface area contributed by atoms with Crippen LogP contribution in [0.25, 0.3) is 22.9 Å². The molecule has 8 heteroatoms. The molecule has 0 fully saturated rings. The highest BCUT2D eigenvalue weighted by molar-refractivity contribution is 9.10. The Hall–Kier alpha value is -2.48. The molecule has 1 N–H and O–H groups in total. The molecule has 7 nitrogen and oxygen atoms in total. The van der Waals surface area contributed by atoms with E-state index in [1.165, 1.54) is 0 Å². The molecule has 0 saturated carbocycles. The van der Waals surface area contributed by atoms with E-state index in [0.717, 1.165) is 14.8 Å². The summed E-state index contributed by atoms with van der Waals surface area (Å²) in [5.74, 6) is 0.324. The van der Waals surface area contributed by atoms with Gasteiger partial charge in [-0.05, 0) is 29.5 Å². The number of carboxylic acids is 1. The molecule has 106 valence electrons. The predicted octanol–water partition coefficient (Wildman–Crippen LogP) is 2.45. The molecule has 0 bridgehead atoms. The Morgan fingerprint density at radius 2 is 1.90 bits per heavy atom. The summed E-state index contributed by atoms with van der Waals surface area (Å²) in [5, 5.41) is 20.1. The van der Waals surface area contributed by atoms with Crippen molar-refractivity contribution in [3.05, 3.63) is 40.9 Å². The van der Waals surface area contributed by atoms with E-state index in [9.17, 15) is 4.79 Å². The number of aliphatic carboxylic acids is 1. The summed E-state index contributed by atoms with van der Waals surface area (Å²) < 4.78 is 6.66. The van der Waals surface area contributed by atoms with Gasteiger partial charge in [0.05, 0.1) is 0 Å². The van der Waals surface area contributed by atoms with Crippen molar-refractivity contribution in [1.82, 2.24) is 20.2 Å². The fourth-order valence-corrected chi connectivity index (χ4v) is 2.02. The molecule has 0 atom stereocenters. The molecule has 3 rings (SSSR count). The first-order valence-corrected chi connectivity index (χ1v) is 6.77. The van der Waals surface area contributed by atoms with E-state index < -0.39 is 5.97 Å². The van der Waals surface area contributed by atoms with Crippen molar-refractivity contribution >= 4 is 21.9 Å². The Kier molecular flexibility index (Phi) is 3.53. The van der Waals surface area contributed by atoms with E-state index in [1.807, 2.05) is 24.3 Å². The van der Waals surface area contributed by atoms with Gasteiger partial charge >= 0.3 is 5.97 Å². The molecule has 0 amide bonds. The molecular weight excluding hydrogens is 340 g/mol. The molecule has 0 unspecified atom stereocenters. The largest absolute Gasteiger partial charge is 0.480 e. The summed E-state index contributed by atoms with van der Waals surface area (Å²) in [6, 6.07) is 11.2. The second-order valence-corrected chi connectivity index (χ2v) is 5.12. The van der Waals surface area contributed by atoms with Gasteiger partial charge in [-0.1, -0.05) is 28.1 Å². The second kappa shape index (κ2) is 5.49. The first kappa shape index (κ1) is 13.5. The minimum absolute atomic E-state index is 0.250. The van der Waals surface area contributed by atoms with Crippen LogP contribution in [-0.4, -0.2) is 31.3 Å². The third-order valence-corrected chi connectivity index (χ3v) is 3.21. The monoisotopic (exact) mass is 348 g/mol. The van der Waals surface area contributed by atoms with E-state index in [2.05, 4.69) is 31.3 Å². The number of aromatic nitrogens is 4.